The number of nitrogens with two attached hydrogens (primary N) is 1. The Balaban J connectivity index is 2.06. The molecule has 0 aliphatic heterocycles. The van der Waals surface area contributed by atoms with Crippen molar-refractivity contribution in [3.8, 4) is 5.75 Å². The number of carbonyl (C=O) groups excluding carboxylic acids is 1. The molecule has 0 saturated heterocycles. The van der Waals surface area contributed by atoms with Crippen LogP contribution in [0.3, 0.4) is 0 Å². The lowest BCUT2D eigenvalue weighted by molar-refractivity contribution is -0.123. The van der Waals surface area contributed by atoms with Crippen LogP contribution in [0.2, 0.25) is 0 Å². The molecule has 0 atom stereocenters. The number of ether oxygens (including phenoxy) is 1. The molecular formula is C13H18N2O2S. The van der Waals surface area contributed by atoms with Crippen molar-refractivity contribution in [2.24, 2.45) is 5.73 Å². The van der Waals surface area contributed by atoms with E-state index < -0.39 is 0 Å². The molecule has 1 aromatic rings. The van der Waals surface area contributed by atoms with E-state index in [-0.39, 0.29) is 12.5 Å². The summed E-state index contributed by atoms with van der Waals surface area (Å²) in [5, 5.41) is 2.78. The summed E-state index contributed by atoms with van der Waals surface area (Å²) in [5.74, 6) is 0.579. The van der Waals surface area contributed by atoms with E-state index in [2.05, 4.69) is 5.32 Å². The van der Waals surface area contributed by atoms with Gasteiger partial charge in [-0.2, -0.15) is 0 Å². The van der Waals surface area contributed by atoms with Crippen LogP contribution in [0, 0.1) is 0 Å². The van der Waals surface area contributed by atoms with Gasteiger partial charge in [-0.1, -0.05) is 30.4 Å². The van der Waals surface area contributed by atoms with Crippen molar-refractivity contribution in [3.63, 3.8) is 0 Å². The van der Waals surface area contributed by atoms with E-state index >= 15 is 0 Å². The molecule has 1 rings (SSSR count). The van der Waals surface area contributed by atoms with Crippen LogP contribution in [-0.4, -0.2) is 24.0 Å². The smallest absolute Gasteiger partial charge is 0.257 e. The fraction of sp³-hybridized carbons (Fsp3) is 0.385. The summed E-state index contributed by atoms with van der Waals surface area (Å²) in [4.78, 5) is 11.9. The summed E-state index contributed by atoms with van der Waals surface area (Å²) in [5.41, 5.74) is 5.37. The van der Waals surface area contributed by atoms with Gasteiger partial charge in [0.1, 0.15) is 5.75 Å². The van der Waals surface area contributed by atoms with E-state index in [1.54, 1.807) is 0 Å². The molecule has 3 N–H and O–H groups in total. The van der Waals surface area contributed by atoms with Gasteiger partial charge in [0, 0.05) is 6.54 Å². The minimum atomic E-state index is -0.117. The Morgan fingerprint density at radius 3 is 2.67 bits per heavy atom. The van der Waals surface area contributed by atoms with E-state index in [1.807, 2.05) is 30.3 Å². The monoisotopic (exact) mass is 266 g/mol. The summed E-state index contributed by atoms with van der Waals surface area (Å²) >= 11 is 4.76. The van der Waals surface area contributed by atoms with Gasteiger partial charge in [0.05, 0.1) is 4.99 Å². The maximum absolute atomic E-state index is 11.4. The number of nitrogens with one attached hydrogen (secondary N) is 1. The topological polar surface area (TPSA) is 64.3 Å². The Kier molecular flexibility index (Phi) is 6.79. The number of carbonyl (C=O) groups is 1. The highest BCUT2D eigenvalue weighted by molar-refractivity contribution is 7.80. The summed E-state index contributed by atoms with van der Waals surface area (Å²) in [6.07, 6.45) is 2.50. The molecule has 0 aliphatic rings. The number of para-hydroxylation sites is 1. The SMILES string of the molecule is NC(=S)CCCCNC(=O)COc1ccccc1. The summed E-state index contributed by atoms with van der Waals surface area (Å²) in [6.45, 7) is 0.666. The molecule has 0 heterocycles. The van der Waals surface area contributed by atoms with Gasteiger partial charge >= 0.3 is 0 Å². The lowest BCUT2D eigenvalue weighted by Crippen LogP contribution is -2.29. The average molecular weight is 266 g/mol. The average Bonchev–Trinajstić information content (AvgIpc) is 2.37. The third-order valence-electron chi connectivity index (χ3n) is 2.29. The molecule has 0 saturated carbocycles. The van der Waals surface area contributed by atoms with Crippen LogP contribution in [0.25, 0.3) is 0 Å². The van der Waals surface area contributed by atoms with E-state index in [0.717, 1.165) is 19.3 Å². The molecule has 0 fully saturated rings. The molecular weight excluding hydrogens is 248 g/mol. The lowest BCUT2D eigenvalue weighted by atomic mass is 10.2. The van der Waals surface area contributed by atoms with Gasteiger partial charge < -0.3 is 15.8 Å². The van der Waals surface area contributed by atoms with Crippen molar-refractivity contribution in [1.29, 1.82) is 0 Å². The van der Waals surface area contributed by atoms with Crippen LogP contribution in [0.15, 0.2) is 30.3 Å². The number of hydrogen-bond donors (Lipinski definition) is 2. The fourth-order valence-electron chi connectivity index (χ4n) is 1.37. The normalized spacial score (nSPS) is 9.78. The van der Waals surface area contributed by atoms with Gasteiger partial charge in [0.15, 0.2) is 6.61 Å². The number of hydrogen-bond acceptors (Lipinski definition) is 3. The zero-order valence-electron chi connectivity index (χ0n) is 10.2. The summed E-state index contributed by atoms with van der Waals surface area (Å²) in [7, 11) is 0. The van der Waals surface area contributed by atoms with Gasteiger partial charge in [-0.25, -0.2) is 0 Å². The van der Waals surface area contributed by atoms with Crippen molar-refractivity contribution in [2.75, 3.05) is 13.2 Å². The Morgan fingerprint density at radius 1 is 1.28 bits per heavy atom. The number of amides is 1. The first kappa shape index (κ1) is 14.4. The highest BCUT2D eigenvalue weighted by Gasteiger charge is 2.01. The van der Waals surface area contributed by atoms with Gasteiger partial charge in [0.2, 0.25) is 0 Å². The van der Waals surface area contributed by atoms with Crippen molar-refractivity contribution in [3.05, 3.63) is 30.3 Å². The quantitative estimate of drug-likeness (QED) is 0.554. The minimum Gasteiger partial charge on any atom is -0.484 e. The first-order chi connectivity index (χ1) is 8.68. The van der Waals surface area contributed by atoms with Gasteiger partial charge in [-0.3, -0.25) is 4.79 Å². The molecule has 98 valence electrons. The fourth-order valence-corrected chi connectivity index (χ4v) is 1.51. The van der Waals surface area contributed by atoms with Crippen LogP contribution < -0.4 is 15.8 Å². The van der Waals surface area contributed by atoms with Crippen molar-refractivity contribution in [2.45, 2.75) is 19.3 Å². The maximum Gasteiger partial charge on any atom is 0.257 e. The number of unbranched alkanes of at least 4 members (excludes halogenated alkanes) is 1. The maximum atomic E-state index is 11.4. The summed E-state index contributed by atoms with van der Waals surface area (Å²) in [6, 6.07) is 9.26. The predicted molar refractivity (Wildman–Crippen MR) is 75.6 cm³/mol. The molecule has 4 nitrogen and oxygen atoms in total. The van der Waals surface area contributed by atoms with Crippen LogP contribution >= 0.6 is 12.2 Å². The second kappa shape index (κ2) is 8.47. The number of rotatable bonds is 8. The first-order valence-corrected chi connectivity index (χ1v) is 6.32. The van der Waals surface area contributed by atoms with E-state index in [1.165, 1.54) is 0 Å². The largest absolute Gasteiger partial charge is 0.484 e. The third kappa shape index (κ3) is 6.85. The van der Waals surface area contributed by atoms with E-state index in [0.29, 0.717) is 17.3 Å². The summed E-state index contributed by atoms with van der Waals surface area (Å²) < 4.78 is 5.31. The Hall–Kier alpha value is -1.62. The standard InChI is InChI=1S/C13H18N2O2S/c14-12(18)8-4-5-9-15-13(16)10-17-11-6-2-1-3-7-11/h1-3,6-7H,4-5,8-10H2,(H2,14,18)(H,15,16). The molecule has 0 aromatic heterocycles. The molecule has 0 radical (unpaired) electrons. The minimum absolute atomic E-state index is 0.0410. The van der Waals surface area contributed by atoms with Crippen molar-refractivity contribution < 1.29 is 9.53 Å². The second-order valence-electron chi connectivity index (χ2n) is 3.88. The molecule has 5 heteroatoms. The lowest BCUT2D eigenvalue weighted by Gasteiger charge is -2.07. The Bertz CT molecular complexity index is 382. The highest BCUT2D eigenvalue weighted by atomic mass is 32.1. The number of thiocarbonyl (C=S) groups is 1. The molecule has 0 spiro atoms. The van der Waals surface area contributed by atoms with Crippen LogP contribution in [0.1, 0.15) is 19.3 Å². The molecule has 1 amide bonds. The Morgan fingerprint density at radius 2 is 2.00 bits per heavy atom. The molecule has 0 bridgehead atoms. The zero-order chi connectivity index (χ0) is 13.2. The number of benzene rings is 1. The van der Waals surface area contributed by atoms with E-state index in [4.69, 9.17) is 22.7 Å². The van der Waals surface area contributed by atoms with Crippen molar-refractivity contribution in [1.82, 2.24) is 5.32 Å². The molecule has 1 aromatic carbocycles. The van der Waals surface area contributed by atoms with Gasteiger partial charge in [-0.15, -0.1) is 0 Å². The molecule has 0 aliphatic carbocycles. The van der Waals surface area contributed by atoms with Crippen LogP contribution in [0.5, 0.6) is 5.75 Å². The Labute approximate surface area is 113 Å². The predicted octanol–water partition coefficient (Wildman–Crippen LogP) is 1.64. The highest BCUT2D eigenvalue weighted by Crippen LogP contribution is 2.07. The zero-order valence-corrected chi connectivity index (χ0v) is 11.0. The van der Waals surface area contributed by atoms with Gasteiger partial charge in [0.25, 0.3) is 5.91 Å². The van der Waals surface area contributed by atoms with Crippen molar-refractivity contribution >= 4 is 23.1 Å². The van der Waals surface area contributed by atoms with Crippen LogP contribution in [0.4, 0.5) is 0 Å². The second-order valence-corrected chi connectivity index (χ2v) is 4.40. The van der Waals surface area contributed by atoms with E-state index in [9.17, 15) is 4.79 Å². The first-order valence-electron chi connectivity index (χ1n) is 5.91. The molecule has 18 heavy (non-hydrogen) atoms. The third-order valence-corrected chi connectivity index (χ3v) is 2.49. The van der Waals surface area contributed by atoms with Gasteiger partial charge in [-0.05, 0) is 31.4 Å². The molecule has 0 unspecified atom stereocenters. The van der Waals surface area contributed by atoms with Crippen LogP contribution in [-0.2, 0) is 4.79 Å².